The average molecular weight is 305 g/mol. The number of aromatic amines is 1. The fourth-order valence-electron chi connectivity index (χ4n) is 3.39. The molecular weight excluding hydrogens is 282 g/mol. The van der Waals surface area contributed by atoms with E-state index in [1.165, 1.54) is 22.2 Å². The van der Waals surface area contributed by atoms with E-state index in [1.807, 2.05) is 6.20 Å². The summed E-state index contributed by atoms with van der Waals surface area (Å²) >= 11 is 0. The predicted octanol–water partition coefficient (Wildman–Crippen LogP) is 3.53. The summed E-state index contributed by atoms with van der Waals surface area (Å²) in [5, 5.41) is 1.29. The van der Waals surface area contributed by atoms with Crippen molar-refractivity contribution in [2.24, 2.45) is 0 Å². The molecule has 0 aliphatic carbocycles. The van der Waals surface area contributed by atoms with Crippen molar-refractivity contribution in [1.29, 1.82) is 0 Å². The van der Waals surface area contributed by atoms with Crippen molar-refractivity contribution < 1.29 is 0 Å². The number of anilines is 1. The van der Waals surface area contributed by atoms with Gasteiger partial charge in [-0.05, 0) is 35.6 Å². The van der Waals surface area contributed by atoms with Gasteiger partial charge in [0.15, 0.2) is 0 Å². The highest BCUT2D eigenvalue weighted by atomic mass is 15.3. The molecule has 23 heavy (non-hydrogen) atoms. The first-order valence-corrected chi connectivity index (χ1v) is 8.47. The molecule has 3 nitrogen and oxygen atoms in total. The SMILES string of the molecule is c1ccc(CCN2CCN(c3ccc4cc[nH]c4c3)CC2)cc1. The molecule has 0 radical (unpaired) electrons. The summed E-state index contributed by atoms with van der Waals surface area (Å²) in [7, 11) is 0. The Bertz CT molecular complexity index is 755. The van der Waals surface area contributed by atoms with Crippen LogP contribution >= 0.6 is 0 Å². The highest BCUT2D eigenvalue weighted by molar-refractivity contribution is 5.83. The molecule has 1 aliphatic heterocycles. The van der Waals surface area contributed by atoms with E-state index in [0.29, 0.717) is 0 Å². The lowest BCUT2D eigenvalue weighted by molar-refractivity contribution is 0.261. The molecule has 1 N–H and O–H groups in total. The van der Waals surface area contributed by atoms with Crippen LogP contribution in [0.2, 0.25) is 0 Å². The maximum absolute atomic E-state index is 3.31. The largest absolute Gasteiger partial charge is 0.369 e. The Morgan fingerprint density at radius 1 is 0.870 bits per heavy atom. The van der Waals surface area contributed by atoms with Gasteiger partial charge >= 0.3 is 0 Å². The number of aromatic nitrogens is 1. The molecule has 1 aliphatic rings. The van der Waals surface area contributed by atoms with Gasteiger partial charge in [0, 0.05) is 50.1 Å². The van der Waals surface area contributed by atoms with E-state index in [9.17, 15) is 0 Å². The quantitative estimate of drug-likeness (QED) is 0.796. The zero-order valence-corrected chi connectivity index (χ0v) is 13.4. The van der Waals surface area contributed by atoms with Crippen LogP contribution in [-0.2, 0) is 6.42 Å². The molecule has 0 saturated carbocycles. The molecule has 3 aromatic rings. The highest BCUT2D eigenvalue weighted by Crippen LogP contribution is 2.22. The van der Waals surface area contributed by atoms with E-state index in [4.69, 9.17) is 0 Å². The monoisotopic (exact) mass is 305 g/mol. The summed E-state index contributed by atoms with van der Waals surface area (Å²) in [5.41, 5.74) is 4.00. The van der Waals surface area contributed by atoms with Crippen LogP contribution in [-0.4, -0.2) is 42.6 Å². The number of fused-ring (bicyclic) bond motifs is 1. The van der Waals surface area contributed by atoms with Crippen LogP contribution in [0.15, 0.2) is 60.8 Å². The lowest BCUT2D eigenvalue weighted by Crippen LogP contribution is -2.47. The first-order valence-electron chi connectivity index (χ1n) is 8.47. The predicted molar refractivity (Wildman–Crippen MR) is 97.1 cm³/mol. The Labute approximate surface area is 137 Å². The smallest absolute Gasteiger partial charge is 0.0474 e. The van der Waals surface area contributed by atoms with Gasteiger partial charge in [-0.15, -0.1) is 0 Å². The van der Waals surface area contributed by atoms with Crippen LogP contribution in [0.25, 0.3) is 10.9 Å². The molecule has 2 heterocycles. The number of rotatable bonds is 4. The van der Waals surface area contributed by atoms with Gasteiger partial charge in [-0.2, -0.15) is 0 Å². The first-order chi connectivity index (χ1) is 11.4. The summed E-state index contributed by atoms with van der Waals surface area (Å²) in [5.74, 6) is 0. The van der Waals surface area contributed by atoms with Gasteiger partial charge in [-0.3, -0.25) is 4.90 Å². The van der Waals surface area contributed by atoms with Crippen molar-refractivity contribution >= 4 is 16.6 Å². The summed E-state index contributed by atoms with van der Waals surface area (Å²) in [6.45, 7) is 5.68. The molecule has 0 amide bonds. The minimum atomic E-state index is 1.11. The second-order valence-electron chi connectivity index (χ2n) is 6.31. The van der Waals surface area contributed by atoms with Crippen molar-refractivity contribution in [2.45, 2.75) is 6.42 Å². The fourth-order valence-corrected chi connectivity index (χ4v) is 3.39. The summed E-state index contributed by atoms with van der Waals surface area (Å²) in [4.78, 5) is 8.39. The van der Waals surface area contributed by atoms with Crippen molar-refractivity contribution in [1.82, 2.24) is 9.88 Å². The number of nitrogens with one attached hydrogen (secondary N) is 1. The van der Waals surface area contributed by atoms with E-state index < -0.39 is 0 Å². The summed E-state index contributed by atoms with van der Waals surface area (Å²) < 4.78 is 0. The zero-order valence-electron chi connectivity index (χ0n) is 13.4. The van der Waals surface area contributed by atoms with Crippen molar-refractivity contribution in [3.63, 3.8) is 0 Å². The van der Waals surface area contributed by atoms with Gasteiger partial charge in [0.2, 0.25) is 0 Å². The zero-order chi connectivity index (χ0) is 15.5. The van der Waals surface area contributed by atoms with Crippen molar-refractivity contribution in [3.05, 3.63) is 66.4 Å². The molecule has 1 aromatic heterocycles. The third kappa shape index (κ3) is 3.25. The molecule has 1 fully saturated rings. The van der Waals surface area contributed by atoms with Crippen molar-refractivity contribution in [3.8, 4) is 0 Å². The van der Waals surface area contributed by atoms with Gasteiger partial charge in [0.25, 0.3) is 0 Å². The molecule has 0 spiro atoms. The van der Waals surface area contributed by atoms with Crippen LogP contribution in [0.4, 0.5) is 5.69 Å². The molecule has 0 unspecified atom stereocenters. The van der Waals surface area contributed by atoms with E-state index >= 15 is 0 Å². The number of piperazine rings is 1. The second-order valence-corrected chi connectivity index (χ2v) is 6.31. The standard InChI is InChI=1S/C20H23N3/c1-2-4-17(5-3-1)9-11-22-12-14-23(15-13-22)19-7-6-18-8-10-21-20(18)16-19/h1-8,10,16,21H,9,11-15H2. The number of H-pyrrole nitrogens is 1. The van der Waals surface area contributed by atoms with E-state index in [-0.39, 0.29) is 0 Å². The normalized spacial score (nSPS) is 16.1. The van der Waals surface area contributed by atoms with E-state index in [0.717, 1.165) is 39.1 Å². The minimum absolute atomic E-state index is 1.11. The third-order valence-corrected chi connectivity index (χ3v) is 4.84. The fraction of sp³-hybridized carbons (Fsp3) is 0.300. The molecule has 118 valence electrons. The maximum atomic E-state index is 3.31. The molecule has 0 bridgehead atoms. The van der Waals surface area contributed by atoms with Crippen LogP contribution in [0.5, 0.6) is 0 Å². The van der Waals surface area contributed by atoms with Gasteiger partial charge < -0.3 is 9.88 Å². The Balaban J connectivity index is 1.33. The van der Waals surface area contributed by atoms with Gasteiger partial charge in [0.1, 0.15) is 0 Å². The molecular formula is C20H23N3. The molecule has 0 atom stereocenters. The lowest BCUT2D eigenvalue weighted by Gasteiger charge is -2.36. The molecule has 3 heteroatoms. The molecule has 1 saturated heterocycles. The Morgan fingerprint density at radius 2 is 1.70 bits per heavy atom. The van der Waals surface area contributed by atoms with E-state index in [2.05, 4.69) is 69.4 Å². The number of nitrogens with zero attached hydrogens (tertiary/aromatic N) is 2. The second kappa shape index (κ2) is 6.47. The van der Waals surface area contributed by atoms with Crippen LogP contribution in [0.3, 0.4) is 0 Å². The summed E-state index contributed by atoms with van der Waals surface area (Å²) in [6.07, 6.45) is 3.16. The van der Waals surface area contributed by atoms with E-state index in [1.54, 1.807) is 0 Å². The number of hydrogen-bond donors (Lipinski definition) is 1. The molecule has 4 rings (SSSR count). The van der Waals surface area contributed by atoms with Crippen molar-refractivity contribution in [2.75, 3.05) is 37.6 Å². The van der Waals surface area contributed by atoms with Gasteiger partial charge in [-0.25, -0.2) is 0 Å². The molecule has 2 aromatic carbocycles. The van der Waals surface area contributed by atoms with Crippen LogP contribution < -0.4 is 4.90 Å². The Hall–Kier alpha value is -2.26. The van der Waals surface area contributed by atoms with Gasteiger partial charge in [-0.1, -0.05) is 36.4 Å². The topological polar surface area (TPSA) is 22.3 Å². The first kappa shape index (κ1) is 14.3. The summed E-state index contributed by atoms with van der Waals surface area (Å²) in [6, 6.07) is 19.6. The van der Waals surface area contributed by atoms with Gasteiger partial charge in [0.05, 0.1) is 0 Å². The lowest BCUT2D eigenvalue weighted by atomic mass is 10.1. The van der Waals surface area contributed by atoms with Crippen LogP contribution in [0, 0.1) is 0 Å². The number of hydrogen-bond acceptors (Lipinski definition) is 2. The average Bonchev–Trinajstić information content (AvgIpc) is 3.09. The Kier molecular flexibility index (Phi) is 4.03. The Morgan fingerprint density at radius 3 is 2.52 bits per heavy atom. The van der Waals surface area contributed by atoms with Crippen LogP contribution in [0.1, 0.15) is 5.56 Å². The maximum Gasteiger partial charge on any atom is 0.0474 e. The third-order valence-electron chi connectivity index (χ3n) is 4.84. The highest BCUT2D eigenvalue weighted by Gasteiger charge is 2.17. The number of benzene rings is 2. The minimum Gasteiger partial charge on any atom is -0.369 e.